The van der Waals surface area contributed by atoms with Gasteiger partial charge < -0.3 is 10.6 Å². The molecular formula is C13H20N2O. The van der Waals surface area contributed by atoms with Crippen molar-refractivity contribution in [3.05, 3.63) is 29.8 Å². The third kappa shape index (κ3) is 3.93. The van der Waals surface area contributed by atoms with Gasteiger partial charge in [-0.15, -0.1) is 0 Å². The van der Waals surface area contributed by atoms with Crippen LogP contribution in [0.25, 0.3) is 0 Å². The average Bonchev–Trinajstić information content (AvgIpc) is 2.31. The first-order chi connectivity index (χ1) is 7.65. The molecule has 0 aliphatic carbocycles. The van der Waals surface area contributed by atoms with Gasteiger partial charge in [0.05, 0.1) is 6.42 Å². The second-order valence-corrected chi connectivity index (χ2v) is 4.00. The Bertz CT molecular complexity index is 332. The van der Waals surface area contributed by atoms with E-state index < -0.39 is 0 Å². The highest BCUT2D eigenvalue weighted by Crippen LogP contribution is 2.12. The number of carbonyl (C=O) groups excluding carboxylic acids is 1. The van der Waals surface area contributed by atoms with Gasteiger partial charge in [-0.25, -0.2) is 0 Å². The Morgan fingerprint density at radius 2 is 1.94 bits per heavy atom. The van der Waals surface area contributed by atoms with Gasteiger partial charge in [-0.1, -0.05) is 19.1 Å². The number of rotatable bonds is 5. The van der Waals surface area contributed by atoms with Crippen molar-refractivity contribution in [2.24, 2.45) is 0 Å². The molecule has 0 heterocycles. The fourth-order valence-corrected chi connectivity index (χ4v) is 1.38. The summed E-state index contributed by atoms with van der Waals surface area (Å²) in [6.07, 6.45) is 1.54. The van der Waals surface area contributed by atoms with Crippen molar-refractivity contribution < 1.29 is 4.79 Å². The van der Waals surface area contributed by atoms with E-state index in [0.717, 1.165) is 17.7 Å². The number of nitrogens with one attached hydrogen (secondary N) is 2. The predicted molar refractivity (Wildman–Crippen MR) is 67.6 cm³/mol. The minimum atomic E-state index is 0.0441. The minimum absolute atomic E-state index is 0.0441. The van der Waals surface area contributed by atoms with E-state index >= 15 is 0 Å². The molecule has 0 radical (unpaired) electrons. The van der Waals surface area contributed by atoms with Crippen LogP contribution in [0, 0.1) is 0 Å². The lowest BCUT2D eigenvalue weighted by Gasteiger charge is -2.13. The number of amides is 1. The summed E-state index contributed by atoms with van der Waals surface area (Å²) in [7, 11) is 1.65. The molecule has 16 heavy (non-hydrogen) atoms. The van der Waals surface area contributed by atoms with Crippen molar-refractivity contribution in [1.82, 2.24) is 5.32 Å². The Kier molecular flexibility index (Phi) is 4.83. The minimum Gasteiger partial charge on any atom is -0.383 e. The number of hydrogen-bond acceptors (Lipinski definition) is 2. The maximum Gasteiger partial charge on any atom is 0.224 e. The predicted octanol–water partition coefficient (Wildman–Crippen LogP) is 2.19. The molecule has 0 spiro atoms. The van der Waals surface area contributed by atoms with E-state index in [1.54, 1.807) is 7.05 Å². The highest BCUT2D eigenvalue weighted by molar-refractivity contribution is 5.78. The highest BCUT2D eigenvalue weighted by Gasteiger charge is 2.02. The first kappa shape index (κ1) is 12.6. The first-order valence-corrected chi connectivity index (χ1v) is 5.71. The highest BCUT2D eigenvalue weighted by atomic mass is 16.1. The summed E-state index contributed by atoms with van der Waals surface area (Å²) < 4.78 is 0. The van der Waals surface area contributed by atoms with E-state index in [2.05, 4.69) is 24.5 Å². The standard InChI is InChI=1S/C13H20N2O/c1-4-10(2)15-12-7-5-11(6-8-12)9-13(16)14-3/h5-8,10,15H,4,9H2,1-3H3,(H,14,16). The maximum absolute atomic E-state index is 11.2. The summed E-state index contributed by atoms with van der Waals surface area (Å²) in [5, 5.41) is 6.00. The fraction of sp³-hybridized carbons (Fsp3) is 0.462. The normalized spacial score (nSPS) is 11.9. The van der Waals surface area contributed by atoms with E-state index in [0.29, 0.717) is 12.5 Å². The quantitative estimate of drug-likeness (QED) is 0.798. The molecule has 1 rings (SSSR count). The van der Waals surface area contributed by atoms with Crippen molar-refractivity contribution in [3.8, 4) is 0 Å². The maximum atomic E-state index is 11.2. The molecule has 0 fully saturated rings. The van der Waals surface area contributed by atoms with Crippen molar-refractivity contribution in [2.75, 3.05) is 12.4 Å². The second-order valence-electron chi connectivity index (χ2n) is 4.00. The molecule has 3 nitrogen and oxygen atoms in total. The van der Waals surface area contributed by atoms with E-state index in [1.165, 1.54) is 0 Å². The van der Waals surface area contributed by atoms with E-state index in [9.17, 15) is 4.79 Å². The molecule has 0 saturated heterocycles. The molecule has 0 aromatic heterocycles. The fourth-order valence-electron chi connectivity index (χ4n) is 1.38. The smallest absolute Gasteiger partial charge is 0.224 e. The molecule has 1 aromatic rings. The molecule has 1 atom stereocenters. The summed E-state index contributed by atoms with van der Waals surface area (Å²) >= 11 is 0. The molecule has 1 unspecified atom stereocenters. The van der Waals surface area contributed by atoms with E-state index in [1.807, 2.05) is 24.3 Å². The van der Waals surface area contributed by atoms with Gasteiger partial charge in [-0.3, -0.25) is 4.79 Å². The molecule has 2 N–H and O–H groups in total. The lowest BCUT2D eigenvalue weighted by Crippen LogP contribution is -2.19. The topological polar surface area (TPSA) is 41.1 Å². The number of carbonyl (C=O) groups is 1. The summed E-state index contributed by atoms with van der Waals surface area (Å²) in [5.41, 5.74) is 2.14. The Labute approximate surface area is 97.2 Å². The molecule has 1 amide bonds. The molecule has 0 aliphatic heterocycles. The van der Waals surface area contributed by atoms with Gasteiger partial charge in [-0.2, -0.15) is 0 Å². The van der Waals surface area contributed by atoms with Gasteiger partial charge in [0.1, 0.15) is 0 Å². The number of anilines is 1. The van der Waals surface area contributed by atoms with Gasteiger partial charge in [0.2, 0.25) is 5.91 Å². The zero-order chi connectivity index (χ0) is 12.0. The Morgan fingerprint density at radius 3 is 2.44 bits per heavy atom. The molecule has 0 saturated carbocycles. The van der Waals surface area contributed by atoms with Crippen LogP contribution in [0.15, 0.2) is 24.3 Å². The van der Waals surface area contributed by atoms with Crippen molar-refractivity contribution in [1.29, 1.82) is 0 Å². The van der Waals surface area contributed by atoms with Gasteiger partial charge >= 0.3 is 0 Å². The Balaban J connectivity index is 2.57. The van der Waals surface area contributed by atoms with Crippen molar-refractivity contribution >= 4 is 11.6 Å². The largest absolute Gasteiger partial charge is 0.383 e. The number of hydrogen-bond donors (Lipinski definition) is 2. The van der Waals surface area contributed by atoms with Crippen LogP contribution in [-0.2, 0) is 11.2 Å². The third-order valence-corrected chi connectivity index (χ3v) is 2.62. The zero-order valence-electron chi connectivity index (χ0n) is 10.2. The molecule has 88 valence electrons. The van der Waals surface area contributed by atoms with Crippen LogP contribution >= 0.6 is 0 Å². The molecule has 1 aromatic carbocycles. The van der Waals surface area contributed by atoms with Gasteiger partial charge in [0.25, 0.3) is 0 Å². The molecule has 0 bridgehead atoms. The molecular weight excluding hydrogens is 200 g/mol. The number of benzene rings is 1. The van der Waals surface area contributed by atoms with Crippen LogP contribution < -0.4 is 10.6 Å². The summed E-state index contributed by atoms with van der Waals surface area (Å²) in [6, 6.07) is 8.49. The second kappa shape index (κ2) is 6.16. The average molecular weight is 220 g/mol. The lowest BCUT2D eigenvalue weighted by atomic mass is 10.1. The van der Waals surface area contributed by atoms with Gasteiger partial charge in [-0.05, 0) is 31.0 Å². The SMILES string of the molecule is CCC(C)Nc1ccc(CC(=O)NC)cc1. The monoisotopic (exact) mass is 220 g/mol. The van der Waals surface area contributed by atoms with Crippen molar-refractivity contribution in [3.63, 3.8) is 0 Å². The number of likely N-dealkylation sites (N-methyl/N-ethyl adjacent to an activating group) is 1. The summed E-state index contributed by atoms with van der Waals surface area (Å²) in [5.74, 6) is 0.0441. The summed E-state index contributed by atoms with van der Waals surface area (Å²) in [6.45, 7) is 4.30. The van der Waals surface area contributed by atoms with Crippen LogP contribution in [0.1, 0.15) is 25.8 Å². The van der Waals surface area contributed by atoms with Crippen LogP contribution in [0.4, 0.5) is 5.69 Å². The zero-order valence-corrected chi connectivity index (χ0v) is 10.2. The lowest BCUT2D eigenvalue weighted by molar-refractivity contribution is -0.119. The van der Waals surface area contributed by atoms with Gasteiger partial charge in [0, 0.05) is 18.8 Å². The third-order valence-electron chi connectivity index (χ3n) is 2.62. The first-order valence-electron chi connectivity index (χ1n) is 5.71. The Hall–Kier alpha value is -1.51. The van der Waals surface area contributed by atoms with Crippen LogP contribution in [0.5, 0.6) is 0 Å². The van der Waals surface area contributed by atoms with Gasteiger partial charge in [0.15, 0.2) is 0 Å². The van der Waals surface area contributed by atoms with Crippen LogP contribution in [0.3, 0.4) is 0 Å². The van der Waals surface area contributed by atoms with Crippen molar-refractivity contribution in [2.45, 2.75) is 32.7 Å². The van der Waals surface area contributed by atoms with E-state index in [-0.39, 0.29) is 5.91 Å². The van der Waals surface area contributed by atoms with Crippen LogP contribution in [-0.4, -0.2) is 19.0 Å². The molecule has 3 heteroatoms. The molecule has 0 aliphatic rings. The van der Waals surface area contributed by atoms with Crippen LogP contribution in [0.2, 0.25) is 0 Å². The summed E-state index contributed by atoms with van der Waals surface area (Å²) in [4.78, 5) is 11.2. The Morgan fingerprint density at radius 1 is 1.31 bits per heavy atom. The van der Waals surface area contributed by atoms with E-state index in [4.69, 9.17) is 0 Å².